The number of nitrogen functional groups attached to an aromatic ring is 1. The van der Waals surface area contributed by atoms with Gasteiger partial charge in [0, 0.05) is 5.69 Å². The van der Waals surface area contributed by atoms with Crippen LogP contribution in [0.4, 0.5) is 5.69 Å². The third-order valence-corrected chi connectivity index (χ3v) is 6.03. The van der Waals surface area contributed by atoms with Gasteiger partial charge in [0.2, 0.25) is 0 Å². The highest BCUT2D eigenvalue weighted by molar-refractivity contribution is 5.75. The molecule has 1 aliphatic carbocycles. The van der Waals surface area contributed by atoms with Crippen LogP contribution in [0, 0.1) is 0 Å². The third kappa shape index (κ3) is 2.75. The Morgan fingerprint density at radius 2 is 1.92 bits per heavy atom. The molecule has 0 amide bonds. The predicted molar refractivity (Wildman–Crippen MR) is 98.4 cm³/mol. The van der Waals surface area contributed by atoms with Crippen molar-refractivity contribution < 1.29 is 9.22 Å². The van der Waals surface area contributed by atoms with E-state index in [4.69, 9.17) is 10.5 Å². The molecule has 2 aromatic rings. The lowest BCUT2D eigenvalue weighted by atomic mass is 10.1. The Balaban J connectivity index is 1.78. The minimum absolute atomic E-state index is 0.551. The number of aryl methyl sites for hydroxylation is 2. The molecule has 0 radical (unpaired) electrons. The molecule has 5 heteroatoms. The maximum Gasteiger partial charge on any atom is 0.257 e. The van der Waals surface area contributed by atoms with E-state index >= 15 is 0 Å². The van der Waals surface area contributed by atoms with Crippen LogP contribution < -0.4 is 10.5 Å². The number of pyridine rings is 1. The van der Waals surface area contributed by atoms with E-state index in [-0.39, 0.29) is 0 Å². The number of ether oxygens (including phenoxy) is 1. The number of nitrogens with two attached hydrogens (primary N) is 1. The van der Waals surface area contributed by atoms with Gasteiger partial charge in [-0.3, -0.25) is 0 Å². The van der Waals surface area contributed by atoms with Gasteiger partial charge in [-0.25, -0.2) is 4.52 Å². The Hall–Kier alpha value is -1.75. The van der Waals surface area contributed by atoms with E-state index in [0.29, 0.717) is 30.3 Å². The third-order valence-electron chi connectivity index (χ3n) is 6.03. The second-order valence-corrected chi connectivity index (χ2v) is 7.78. The monoisotopic (exact) mass is 331 g/mol. The van der Waals surface area contributed by atoms with Gasteiger partial charge in [-0.2, -0.15) is 0 Å². The molecule has 2 aromatic heterocycles. The summed E-state index contributed by atoms with van der Waals surface area (Å²) >= 11 is 0. The zero-order valence-electron chi connectivity index (χ0n) is 15.7. The summed E-state index contributed by atoms with van der Waals surface area (Å²) < 4.78 is 8.97. The molecule has 0 spiro atoms. The van der Waals surface area contributed by atoms with Crippen LogP contribution in [0.15, 0.2) is 12.1 Å². The number of aromatic nitrogens is 2. The molecule has 0 fully saturated rings. The second-order valence-electron chi connectivity index (χ2n) is 7.78. The van der Waals surface area contributed by atoms with E-state index < -0.39 is 0 Å². The number of anilines is 1. The topological polar surface area (TPSA) is 52.5 Å². The fourth-order valence-electron chi connectivity index (χ4n) is 3.70. The van der Waals surface area contributed by atoms with Crippen molar-refractivity contribution >= 4 is 11.2 Å². The fourth-order valence-corrected chi connectivity index (χ4v) is 3.70. The van der Waals surface area contributed by atoms with Crippen LogP contribution in [0.25, 0.3) is 5.52 Å². The molecule has 2 N–H and O–H groups in total. The van der Waals surface area contributed by atoms with Gasteiger partial charge < -0.3 is 15.0 Å². The molecule has 3 rings (SSSR count). The zero-order valence-corrected chi connectivity index (χ0v) is 15.7. The van der Waals surface area contributed by atoms with Gasteiger partial charge >= 0.3 is 0 Å². The lowest BCUT2D eigenvalue weighted by molar-refractivity contribution is -0.949. The summed E-state index contributed by atoms with van der Waals surface area (Å²) in [5.74, 6) is 0.578. The molecule has 0 aromatic carbocycles. The predicted octanol–water partition coefficient (Wildman–Crippen LogP) is 3.05. The minimum Gasteiger partial charge on any atom is -0.469 e. The number of hydrogen-bond donors (Lipinski definition) is 1. The van der Waals surface area contributed by atoms with Crippen LogP contribution in [0.2, 0.25) is 0 Å². The van der Waals surface area contributed by atoms with E-state index in [2.05, 4.69) is 52.0 Å². The van der Waals surface area contributed by atoms with Crippen LogP contribution in [-0.4, -0.2) is 46.4 Å². The largest absolute Gasteiger partial charge is 0.469 e. The summed E-state index contributed by atoms with van der Waals surface area (Å²) in [5.41, 5.74) is 10.6. The number of hydrogen-bond acceptors (Lipinski definition) is 3. The highest BCUT2D eigenvalue weighted by atomic mass is 16.5. The van der Waals surface area contributed by atoms with Crippen LogP contribution in [0.5, 0.6) is 5.88 Å². The first-order valence-electron chi connectivity index (χ1n) is 9.11. The van der Waals surface area contributed by atoms with Crippen molar-refractivity contribution in [1.29, 1.82) is 0 Å². The quantitative estimate of drug-likeness (QED) is 0.828. The Kier molecular flexibility index (Phi) is 4.47. The summed E-state index contributed by atoms with van der Waals surface area (Å²) in [4.78, 5) is 0. The van der Waals surface area contributed by atoms with E-state index in [9.17, 15) is 0 Å². The molecular weight excluding hydrogens is 300 g/mol. The van der Waals surface area contributed by atoms with Crippen molar-refractivity contribution in [3.05, 3.63) is 23.4 Å². The second kappa shape index (κ2) is 6.28. The lowest BCUT2D eigenvalue weighted by Crippen LogP contribution is -2.56. The van der Waals surface area contributed by atoms with Crippen molar-refractivity contribution in [3.8, 4) is 5.88 Å². The van der Waals surface area contributed by atoms with Gasteiger partial charge in [-0.15, -0.1) is 5.10 Å². The standard InChI is InChI=1S/C19H31N4O/c1-13(2)23(5,14(3)4)11-12-24-19-18(20)17-10-9-15-7-6-8-16(15)22(17)21-19/h9-10,13-14H,6-8,11-12,20H2,1-5H3/q+1. The Labute approximate surface area is 145 Å². The molecule has 0 atom stereocenters. The SMILES string of the molecule is CC(C)[N+](C)(CCOc1nn2c3c(ccc2c1N)CCC3)C(C)C. The maximum absolute atomic E-state index is 6.29. The van der Waals surface area contributed by atoms with Gasteiger partial charge in [-0.1, -0.05) is 6.07 Å². The molecular formula is C19H31N4O+. The van der Waals surface area contributed by atoms with Gasteiger partial charge in [0.25, 0.3) is 5.88 Å². The van der Waals surface area contributed by atoms with E-state index in [1.54, 1.807) is 0 Å². The highest BCUT2D eigenvalue weighted by Gasteiger charge is 2.29. The first-order valence-corrected chi connectivity index (χ1v) is 9.11. The summed E-state index contributed by atoms with van der Waals surface area (Å²) in [6.45, 7) is 10.6. The van der Waals surface area contributed by atoms with Crippen LogP contribution in [-0.2, 0) is 12.8 Å². The molecule has 2 heterocycles. The number of nitrogens with zero attached hydrogens (tertiary/aromatic N) is 3. The zero-order chi connectivity index (χ0) is 17.5. The van der Waals surface area contributed by atoms with Gasteiger partial charge in [-0.05, 0) is 58.6 Å². The molecule has 24 heavy (non-hydrogen) atoms. The minimum atomic E-state index is 0.551. The Morgan fingerprint density at radius 3 is 2.58 bits per heavy atom. The molecule has 0 bridgehead atoms. The van der Waals surface area contributed by atoms with Gasteiger partial charge in [0.05, 0.1) is 24.6 Å². The molecule has 0 saturated carbocycles. The van der Waals surface area contributed by atoms with Crippen molar-refractivity contribution in [2.24, 2.45) is 0 Å². The van der Waals surface area contributed by atoms with Crippen LogP contribution in [0.3, 0.4) is 0 Å². The first kappa shape index (κ1) is 17.1. The van der Waals surface area contributed by atoms with Crippen molar-refractivity contribution in [3.63, 3.8) is 0 Å². The summed E-state index contributed by atoms with van der Waals surface area (Å²) in [7, 11) is 2.29. The average molecular weight is 331 g/mol. The smallest absolute Gasteiger partial charge is 0.257 e. The molecule has 0 aliphatic heterocycles. The Bertz CT molecular complexity index is 725. The number of fused-ring (bicyclic) bond motifs is 3. The van der Waals surface area contributed by atoms with Crippen LogP contribution >= 0.6 is 0 Å². The summed E-state index contributed by atoms with van der Waals surface area (Å²) in [6.07, 6.45) is 3.41. The van der Waals surface area contributed by atoms with E-state index in [0.717, 1.165) is 29.4 Å². The number of quaternary nitrogens is 1. The fraction of sp³-hybridized carbons (Fsp3) is 0.632. The normalized spacial score (nSPS) is 14.8. The lowest BCUT2D eigenvalue weighted by Gasteiger charge is -2.42. The highest BCUT2D eigenvalue weighted by Crippen LogP contribution is 2.30. The van der Waals surface area contributed by atoms with Gasteiger partial charge in [0.1, 0.15) is 18.8 Å². The van der Waals surface area contributed by atoms with Crippen molar-refractivity contribution in [2.75, 3.05) is 25.9 Å². The number of rotatable bonds is 6. The molecule has 0 saturated heterocycles. The maximum atomic E-state index is 6.29. The van der Waals surface area contributed by atoms with Crippen LogP contribution in [0.1, 0.15) is 45.4 Å². The van der Waals surface area contributed by atoms with Crippen molar-refractivity contribution in [1.82, 2.24) is 9.61 Å². The van der Waals surface area contributed by atoms with Crippen molar-refractivity contribution in [2.45, 2.75) is 59.0 Å². The Morgan fingerprint density at radius 1 is 1.21 bits per heavy atom. The first-order chi connectivity index (χ1) is 11.3. The van der Waals surface area contributed by atoms with Gasteiger partial charge in [0.15, 0.2) is 0 Å². The van der Waals surface area contributed by atoms with E-state index in [1.165, 1.54) is 17.7 Å². The summed E-state index contributed by atoms with van der Waals surface area (Å²) in [5, 5.41) is 4.66. The molecule has 5 nitrogen and oxygen atoms in total. The summed E-state index contributed by atoms with van der Waals surface area (Å²) in [6, 6.07) is 5.36. The average Bonchev–Trinajstić information content (AvgIpc) is 3.12. The molecule has 0 unspecified atom stereocenters. The molecule has 1 aliphatic rings. The molecule has 132 valence electrons. The number of likely N-dealkylation sites (N-methyl/N-ethyl adjacent to an activating group) is 1. The van der Waals surface area contributed by atoms with E-state index in [1.807, 2.05) is 4.52 Å².